The summed E-state index contributed by atoms with van der Waals surface area (Å²) in [6.07, 6.45) is 4.07. The van der Waals surface area contributed by atoms with Gasteiger partial charge in [0.1, 0.15) is 12.4 Å². The maximum Gasteiger partial charge on any atom is 0.119 e. The van der Waals surface area contributed by atoms with Crippen molar-refractivity contribution in [1.29, 1.82) is 0 Å². The van der Waals surface area contributed by atoms with Gasteiger partial charge in [-0.3, -0.25) is 0 Å². The lowest BCUT2D eigenvalue weighted by Gasteiger charge is -2.34. The molecule has 1 aromatic rings. The molecule has 1 aliphatic carbocycles. The second-order valence-corrected chi connectivity index (χ2v) is 4.48. The van der Waals surface area contributed by atoms with Gasteiger partial charge >= 0.3 is 0 Å². The van der Waals surface area contributed by atoms with Crippen LogP contribution in [0.2, 0.25) is 0 Å². The molecule has 1 fully saturated rings. The molecule has 16 heavy (non-hydrogen) atoms. The highest BCUT2D eigenvalue weighted by Crippen LogP contribution is 2.23. The van der Waals surface area contributed by atoms with Crippen LogP contribution in [0.1, 0.15) is 19.3 Å². The average Bonchev–Trinajstić information content (AvgIpc) is 2.18. The van der Waals surface area contributed by atoms with E-state index < -0.39 is 0 Å². The zero-order valence-electron chi connectivity index (χ0n) is 9.86. The molecular weight excluding hydrogens is 200 g/mol. The van der Waals surface area contributed by atoms with Crippen molar-refractivity contribution in [1.82, 2.24) is 4.90 Å². The Hall–Kier alpha value is -1.22. The van der Waals surface area contributed by atoms with E-state index in [9.17, 15) is 0 Å². The Morgan fingerprint density at radius 2 is 2.00 bits per heavy atom. The average molecular weight is 220 g/mol. The maximum absolute atomic E-state index is 5.65. The summed E-state index contributed by atoms with van der Waals surface area (Å²) in [6, 6.07) is 8.35. The van der Waals surface area contributed by atoms with Gasteiger partial charge in [-0.1, -0.05) is 6.42 Å². The van der Waals surface area contributed by atoms with E-state index >= 15 is 0 Å². The Morgan fingerprint density at radius 1 is 1.31 bits per heavy atom. The van der Waals surface area contributed by atoms with Gasteiger partial charge in [-0.15, -0.1) is 0 Å². The summed E-state index contributed by atoms with van der Waals surface area (Å²) >= 11 is 0. The molecule has 0 amide bonds. The molecule has 3 nitrogen and oxygen atoms in total. The van der Waals surface area contributed by atoms with Crippen LogP contribution >= 0.6 is 0 Å². The van der Waals surface area contributed by atoms with Crippen molar-refractivity contribution in [3.05, 3.63) is 24.3 Å². The number of ether oxygens (including phenoxy) is 1. The minimum atomic E-state index is 0.747. The van der Waals surface area contributed by atoms with E-state index in [1.165, 1.54) is 19.3 Å². The van der Waals surface area contributed by atoms with Crippen LogP contribution in [0, 0.1) is 0 Å². The normalized spacial score (nSPS) is 16.1. The van der Waals surface area contributed by atoms with Gasteiger partial charge in [-0.25, -0.2) is 0 Å². The number of hydrogen-bond acceptors (Lipinski definition) is 3. The van der Waals surface area contributed by atoms with E-state index in [0.717, 1.165) is 30.6 Å². The van der Waals surface area contributed by atoms with Crippen molar-refractivity contribution < 1.29 is 4.74 Å². The molecule has 1 aliphatic rings. The summed E-state index contributed by atoms with van der Waals surface area (Å²) in [5.74, 6) is 0.899. The fourth-order valence-corrected chi connectivity index (χ4v) is 1.88. The number of benzene rings is 1. The van der Waals surface area contributed by atoms with E-state index in [4.69, 9.17) is 10.5 Å². The Bertz CT molecular complexity index is 319. The van der Waals surface area contributed by atoms with Crippen LogP contribution in [-0.2, 0) is 0 Å². The van der Waals surface area contributed by atoms with Crippen LogP contribution in [0.25, 0.3) is 0 Å². The second kappa shape index (κ2) is 5.21. The van der Waals surface area contributed by atoms with E-state index in [1.54, 1.807) is 0 Å². The predicted molar refractivity (Wildman–Crippen MR) is 66.6 cm³/mol. The lowest BCUT2D eigenvalue weighted by Crippen LogP contribution is -2.39. The number of hydrogen-bond donors (Lipinski definition) is 1. The lowest BCUT2D eigenvalue weighted by molar-refractivity contribution is 0.135. The minimum Gasteiger partial charge on any atom is -0.492 e. The molecule has 88 valence electrons. The lowest BCUT2D eigenvalue weighted by atomic mass is 9.92. The van der Waals surface area contributed by atoms with E-state index in [0.29, 0.717) is 0 Å². The zero-order chi connectivity index (χ0) is 11.4. The molecule has 0 radical (unpaired) electrons. The van der Waals surface area contributed by atoms with Crippen molar-refractivity contribution in [3.8, 4) is 5.75 Å². The number of nitrogen functional groups attached to an aromatic ring is 1. The summed E-state index contributed by atoms with van der Waals surface area (Å²) in [7, 11) is 2.18. The SMILES string of the molecule is CN(CCOc1ccc(N)cc1)C1CCC1. The summed E-state index contributed by atoms with van der Waals surface area (Å²) in [5.41, 5.74) is 6.38. The van der Waals surface area contributed by atoms with Crippen molar-refractivity contribution in [2.75, 3.05) is 25.9 Å². The predicted octanol–water partition coefficient (Wildman–Crippen LogP) is 2.13. The molecule has 0 saturated heterocycles. The van der Waals surface area contributed by atoms with Gasteiger partial charge in [-0.2, -0.15) is 0 Å². The smallest absolute Gasteiger partial charge is 0.119 e. The molecule has 0 atom stereocenters. The molecule has 0 aromatic heterocycles. The van der Waals surface area contributed by atoms with E-state index in [-0.39, 0.29) is 0 Å². The minimum absolute atomic E-state index is 0.747. The molecule has 3 heteroatoms. The highest BCUT2D eigenvalue weighted by molar-refractivity contribution is 5.41. The van der Waals surface area contributed by atoms with Crippen molar-refractivity contribution in [2.45, 2.75) is 25.3 Å². The van der Waals surface area contributed by atoms with Crippen molar-refractivity contribution in [3.63, 3.8) is 0 Å². The highest BCUT2D eigenvalue weighted by atomic mass is 16.5. The molecule has 0 spiro atoms. The molecule has 1 aromatic carbocycles. The molecule has 0 bridgehead atoms. The van der Waals surface area contributed by atoms with Gasteiger partial charge < -0.3 is 15.4 Å². The molecular formula is C13H20N2O. The summed E-state index contributed by atoms with van der Waals surface area (Å²) in [4.78, 5) is 2.39. The first-order valence-electron chi connectivity index (χ1n) is 5.94. The number of likely N-dealkylation sites (N-methyl/N-ethyl adjacent to an activating group) is 1. The van der Waals surface area contributed by atoms with Gasteiger partial charge in [0.2, 0.25) is 0 Å². The summed E-state index contributed by atoms with van der Waals surface area (Å²) in [6.45, 7) is 1.74. The van der Waals surface area contributed by atoms with E-state index in [2.05, 4.69) is 11.9 Å². The number of nitrogens with two attached hydrogens (primary N) is 1. The first-order chi connectivity index (χ1) is 7.75. The first-order valence-corrected chi connectivity index (χ1v) is 5.94. The van der Waals surface area contributed by atoms with Crippen LogP contribution in [0.3, 0.4) is 0 Å². The van der Waals surface area contributed by atoms with Gasteiger partial charge in [0.05, 0.1) is 0 Å². The zero-order valence-corrected chi connectivity index (χ0v) is 9.86. The van der Waals surface area contributed by atoms with Crippen molar-refractivity contribution >= 4 is 5.69 Å². The fourth-order valence-electron chi connectivity index (χ4n) is 1.88. The Labute approximate surface area is 97.2 Å². The Kier molecular flexibility index (Phi) is 3.67. The number of nitrogens with zero attached hydrogens (tertiary/aromatic N) is 1. The quantitative estimate of drug-likeness (QED) is 0.773. The largest absolute Gasteiger partial charge is 0.492 e. The van der Waals surface area contributed by atoms with Crippen LogP contribution < -0.4 is 10.5 Å². The standard InChI is InChI=1S/C13H20N2O/c1-15(12-3-2-4-12)9-10-16-13-7-5-11(14)6-8-13/h5-8,12H,2-4,9-10,14H2,1H3. The van der Waals surface area contributed by atoms with Gasteiger partial charge in [0.15, 0.2) is 0 Å². The summed E-state index contributed by atoms with van der Waals surface area (Å²) < 4.78 is 5.65. The monoisotopic (exact) mass is 220 g/mol. The second-order valence-electron chi connectivity index (χ2n) is 4.48. The van der Waals surface area contributed by atoms with Crippen LogP contribution in [-0.4, -0.2) is 31.1 Å². The van der Waals surface area contributed by atoms with Gasteiger partial charge in [0, 0.05) is 18.3 Å². The Morgan fingerprint density at radius 3 is 2.56 bits per heavy atom. The molecule has 1 saturated carbocycles. The molecule has 2 N–H and O–H groups in total. The molecule has 0 aliphatic heterocycles. The highest BCUT2D eigenvalue weighted by Gasteiger charge is 2.21. The van der Waals surface area contributed by atoms with Crippen LogP contribution in [0.4, 0.5) is 5.69 Å². The third kappa shape index (κ3) is 2.89. The fraction of sp³-hybridized carbons (Fsp3) is 0.538. The number of rotatable bonds is 5. The first kappa shape index (κ1) is 11.3. The summed E-state index contributed by atoms with van der Waals surface area (Å²) in [5, 5.41) is 0. The number of anilines is 1. The third-order valence-electron chi connectivity index (χ3n) is 3.29. The van der Waals surface area contributed by atoms with Crippen molar-refractivity contribution in [2.24, 2.45) is 0 Å². The van der Waals surface area contributed by atoms with Gasteiger partial charge in [-0.05, 0) is 44.2 Å². The third-order valence-corrected chi connectivity index (χ3v) is 3.29. The maximum atomic E-state index is 5.65. The van der Waals surface area contributed by atoms with E-state index in [1.807, 2.05) is 24.3 Å². The molecule has 2 rings (SSSR count). The molecule has 0 heterocycles. The molecule has 0 unspecified atom stereocenters. The topological polar surface area (TPSA) is 38.5 Å². The van der Waals surface area contributed by atoms with Crippen LogP contribution in [0.5, 0.6) is 5.75 Å². The Balaban J connectivity index is 1.69. The van der Waals surface area contributed by atoms with Gasteiger partial charge in [0.25, 0.3) is 0 Å². The van der Waals surface area contributed by atoms with Crippen LogP contribution in [0.15, 0.2) is 24.3 Å².